The van der Waals surface area contributed by atoms with E-state index in [2.05, 4.69) is 15.1 Å². The number of rotatable bonds is 6. The van der Waals surface area contributed by atoms with E-state index in [1.165, 1.54) is 11.2 Å². The fourth-order valence-electron chi connectivity index (χ4n) is 1.36. The van der Waals surface area contributed by atoms with E-state index in [4.69, 9.17) is 10.2 Å². The number of aliphatic hydroxyl groups is 2. The molecular formula is C10H16N4O4. The predicted molar refractivity (Wildman–Crippen MR) is 65.8 cm³/mol. The molecule has 0 spiro atoms. The van der Waals surface area contributed by atoms with E-state index < -0.39 is 11.2 Å². The van der Waals surface area contributed by atoms with Crippen LogP contribution in [-0.2, 0) is 0 Å². The third kappa shape index (κ3) is 3.82. The highest BCUT2D eigenvalue weighted by Gasteiger charge is 2.04. The number of aromatic nitrogens is 2. The minimum atomic E-state index is -0.572. The number of nitrogens with zero attached hydrogens (tertiary/aromatic N) is 2. The van der Waals surface area contributed by atoms with Gasteiger partial charge in [0.05, 0.1) is 38.1 Å². The Balaban J connectivity index is 2.95. The molecule has 0 atom stereocenters. The average molecular weight is 256 g/mol. The summed E-state index contributed by atoms with van der Waals surface area (Å²) in [5, 5.41) is 23.0. The fourth-order valence-corrected chi connectivity index (χ4v) is 1.36. The minimum Gasteiger partial charge on any atom is -0.394 e. The number of aryl methyl sites for hydroxylation is 1. The molecule has 18 heavy (non-hydrogen) atoms. The molecule has 0 unspecified atom stereocenters. The van der Waals surface area contributed by atoms with Gasteiger partial charge in [0.1, 0.15) is 0 Å². The smallest absolute Gasteiger partial charge is 0.325 e. The van der Waals surface area contributed by atoms with Crippen molar-refractivity contribution in [3.05, 3.63) is 32.1 Å². The number of hydrogen-bond donors (Lipinski definition) is 4. The zero-order valence-electron chi connectivity index (χ0n) is 10.0. The predicted octanol–water partition coefficient (Wildman–Crippen LogP) is -2.01. The van der Waals surface area contributed by atoms with Crippen molar-refractivity contribution in [2.75, 3.05) is 26.3 Å². The third-order valence-corrected chi connectivity index (χ3v) is 2.24. The highest BCUT2D eigenvalue weighted by Crippen LogP contribution is 1.93. The van der Waals surface area contributed by atoms with E-state index in [9.17, 15) is 9.59 Å². The van der Waals surface area contributed by atoms with Gasteiger partial charge in [0.2, 0.25) is 0 Å². The Bertz CT molecular complexity index is 513. The maximum Gasteiger partial charge on any atom is 0.325 e. The molecule has 0 bridgehead atoms. The molecule has 100 valence electrons. The van der Waals surface area contributed by atoms with E-state index in [-0.39, 0.29) is 31.9 Å². The lowest BCUT2D eigenvalue weighted by Crippen LogP contribution is -2.28. The van der Waals surface area contributed by atoms with Crippen LogP contribution in [0.5, 0.6) is 0 Å². The van der Waals surface area contributed by atoms with Crippen molar-refractivity contribution in [1.82, 2.24) is 15.0 Å². The van der Waals surface area contributed by atoms with Gasteiger partial charge in [-0.1, -0.05) is 0 Å². The molecule has 1 aromatic rings. The highest BCUT2D eigenvalue weighted by molar-refractivity contribution is 5.79. The minimum absolute atomic E-state index is 0.113. The van der Waals surface area contributed by atoms with Gasteiger partial charge in [-0.2, -0.15) is 5.10 Å². The molecule has 0 fully saturated rings. The van der Waals surface area contributed by atoms with Gasteiger partial charge in [-0.25, -0.2) is 4.79 Å². The number of aromatic amines is 2. The van der Waals surface area contributed by atoms with Gasteiger partial charge in [-0.3, -0.25) is 14.8 Å². The summed E-state index contributed by atoms with van der Waals surface area (Å²) in [4.78, 5) is 27.0. The third-order valence-electron chi connectivity index (χ3n) is 2.24. The summed E-state index contributed by atoms with van der Waals surface area (Å²) in [6.07, 6.45) is 1.29. The Kier molecular flexibility index (Phi) is 5.28. The topological polar surface area (TPSA) is 122 Å². The number of hydrogen-bond acceptors (Lipinski definition) is 6. The Hall–Kier alpha value is -1.93. The first-order chi connectivity index (χ1) is 8.58. The Labute approximate surface area is 103 Å². The molecule has 1 rings (SSSR count). The van der Waals surface area contributed by atoms with Crippen molar-refractivity contribution in [3.63, 3.8) is 0 Å². The van der Waals surface area contributed by atoms with E-state index in [0.29, 0.717) is 5.69 Å². The fraction of sp³-hybridized carbons (Fsp3) is 0.500. The number of aliphatic hydroxyl groups excluding tert-OH is 2. The normalized spacial score (nSPS) is 11.1. The maximum absolute atomic E-state index is 11.5. The highest BCUT2D eigenvalue weighted by atomic mass is 16.3. The van der Waals surface area contributed by atoms with Gasteiger partial charge < -0.3 is 15.2 Å². The van der Waals surface area contributed by atoms with Crippen LogP contribution in [0, 0.1) is 6.92 Å². The van der Waals surface area contributed by atoms with Crippen LogP contribution >= 0.6 is 0 Å². The second-order valence-corrected chi connectivity index (χ2v) is 3.59. The van der Waals surface area contributed by atoms with Crippen LogP contribution in [0.2, 0.25) is 0 Å². The van der Waals surface area contributed by atoms with Crippen LogP contribution in [0.4, 0.5) is 0 Å². The van der Waals surface area contributed by atoms with Gasteiger partial charge in [0.15, 0.2) is 0 Å². The molecule has 1 heterocycles. The summed E-state index contributed by atoms with van der Waals surface area (Å²) in [6.45, 7) is 1.85. The van der Waals surface area contributed by atoms with Crippen molar-refractivity contribution in [1.29, 1.82) is 0 Å². The average Bonchev–Trinajstić information content (AvgIpc) is 2.28. The molecule has 0 aliphatic rings. The number of H-pyrrole nitrogens is 2. The summed E-state index contributed by atoms with van der Waals surface area (Å²) in [6, 6.07) is 0. The zero-order valence-corrected chi connectivity index (χ0v) is 10.0. The summed E-state index contributed by atoms with van der Waals surface area (Å²) in [5.41, 5.74) is -0.471. The van der Waals surface area contributed by atoms with Crippen LogP contribution in [0.3, 0.4) is 0 Å². The lowest BCUT2D eigenvalue weighted by molar-refractivity contribution is 0.166. The van der Waals surface area contributed by atoms with Crippen LogP contribution in [0.15, 0.2) is 14.7 Å². The van der Waals surface area contributed by atoms with Gasteiger partial charge in [-0.15, -0.1) is 0 Å². The van der Waals surface area contributed by atoms with E-state index in [1.807, 2.05) is 0 Å². The molecule has 8 nitrogen and oxygen atoms in total. The first kappa shape index (κ1) is 14.1. The standard InChI is InChI=1S/C10H16N4O4/c1-7-8(9(17)13-10(18)12-7)6-11-14(2-4-15)3-5-16/h6,15-16H,2-5H2,1H3,(H2,12,13,17,18). The van der Waals surface area contributed by atoms with Crippen molar-refractivity contribution < 1.29 is 10.2 Å². The monoisotopic (exact) mass is 256 g/mol. The summed E-state index contributed by atoms with van der Waals surface area (Å²) in [5.74, 6) is 0. The second-order valence-electron chi connectivity index (χ2n) is 3.59. The van der Waals surface area contributed by atoms with E-state index >= 15 is 0 Å². The number of nitrogens with one attached hydrogen (secondary N) is 2. The van der Waals surface area contributed by atoms with Crippen LogP contribution in [-0.4, -0.2) is 57.7 Å². The first-order valence-corrected chi connectivity index (χ1v) is 5.42. The molecule has 0 aliphatic heterocycles. The lowest BCUT2D eigenvalue weighted by atomic mass is 10.2. The molecule has 0 saturated carbocycles. The molecule has 0 aromatic carbocycles. The van der Waals surface area contributed by atoms with Gasteiger partial charge in [-0.05, 0) is 6.92 Å². The summed E-state index contributed by atoms with van der Waals surface area (Å²) < 4.78 is 0. The largest absolute Gasteiger partial charge is 0.394 e. The van der Waals surface area contributed by atoms with Gasteiger partial charge in [0.25, 0.3) is 5.56 Å². The Morgan fingerprint density at radius 3 is 2.33 bits per heavy atom. The molecule has 4 N–H and O–H groups in total. The van der Waals surface area contributed by atoms with Gasteiger partial charge in [0, 0.05) is 5.69 Å². The molecule has 0 amide bonds. The van der Waals surface area contributed by atoms with Crippen LogP contribution in [0.1, 0.15) is 11.3 Å². The lowest BCUT2D eigenvalue weighted by Gasteiger charge is -2.15. The van der Waals surface area contributed by atoms with Crippen molar-refractivity contribution in [2.24, 2.45) is 5.10 Å². The Morgan fingerprint density at radius 1 is 1.22 bits per heavy atom. The molecular weight excluding hydrogens is 240 g/mol. The quantitative estimate of drug-likeness (QED) is 0.346. The van der Waals surface area contributed by atoms with E-state index in [0.717, 1.165) is 0 Å². The number of hydrazone groups is 1. The SMILES string of the molecule is Cc1[nH]c(=O)[nH]c(=O)c1C=NN(CCO)CCO. The molecule has 1 aromatic heterocycles. The first-order valence-electron chi connectivity index (χ1n) is 5.42. The molecule has 8 heteroatoms. The zero-order chi connectivity index (χ0) is 13.5. The second kappa shape index (κ2) is 6.72. The van der Waals surface area contributed by atoms with Crippen molar-refractivity contribution >= 4 is 6.21 Å². The van der Waals surface area contributed by atoms with Crippen LogP contribution in [0.25, 0.3) is 0 Å². The van der Waals surface area contributed by atoms with Crippen LogP contribution < -0.4 is 11.2 Å². The summed E-state index contributed by atoms with van der Waals surface area (Å²) >= 11 is 0. The van der Waals surface area contributed by atoms with Crippen molar-refractivity contribution in [2.45, 2.75) is 6.92 Å². The maximum atomic E-state index is 11.5. The molecule has 0 saturated heterocycles. The molecule has 0 aliphatic carbocycles. The Morgan fingerprint density at radius 2 is 1.83 bits per heavy atom. The van der Waals surface area contributed by atoms with Gasteiger partial charge >= 0.3 is 5.69 Å². The van der Waals surface area contributed by atoms with E-state index in [1.54, 1.807) is 6.92 Å². The summed E-state index contributed by atoms with van der Waals surface area (Å²) in [7, 11) is 0. The van der Waals surface area contributed by atoms with Crippen molar-refractivity contribution in [3.8, 4) is 0 Å². The molecule has 0 radical (unpaired) electrons.